The quantitative estimate of drug-likeness (QED) is 0.260. The molecule has 0 saturated heterocycles. The van der Waals surface area contributed by atoms with E-state index in [0.717, 1.165) is 0 Å². The van der Waals surface area contributed by atoms with Gasteiger partial charge in [0.2, 0.25) is 0 Å². The van der Waals surface area contributed by atoms with Crippen LogP contribution in [0.5, 0.6) is 0 Å². The van der Waals surface area contributed by atoms with Gasteiger partial charge in [-0.2, -0.15) is 0 Å². The second-order valence-electron chi connectivity index (χ2n) is 14.2. The van der Waals surface area contributed by atoms with Gasteiger partial charge in [0.1, 0.15) is 0 Å². The fraction of sp³-hybridized carbons (Fsp3) is 1.00. The first kappa shape index (κ1) is 34.3. The van der Waals surface area contributed by atoms with E-state index in [-0.39, 0.29) is 42.0 Å². The Morgan fingerprint density at radius 1 is 0.259 bits per heavy atom. The monoisotopic (exact) mass is 702 g/mol. The molecule has 0 atom stereocenters. The number of rotatable bonds is 6. The zero-order valence-corrected chi connectivity index (χ0v) is 34.4. The van der Waals surface area contributed by atoms with Crippen molar-refractivity contribution in [3.8, 4) is 0 Å². The third-order valence-corrected chi connectivity index (χ3v) is 122. The molecule has 0 aliphatic rings. The molecule has 0 N–H and O–H groups in total. The van der Waals surface area contributed by atoms with Crippen molar-refractivity contribution in [3.63, 3.8) is 0 Å². The molecule has 0 bridgehead atoms. The van der Waals surface area contributed by atoms with Crippen molar-refractivity contribution in [1.82, 2.24) is 0 Å². The summed E-state index contributed by atoms with van der Waals surface area (Å²) in [5.41, 5.74) is 0. The normalized spacial score (nSPS) is 14.7. The Kier molecular flexibility index (Phi) is 14.0. The molecule has 0 heterocycles. The number of hydrogen-bond donors (Lipinski definition) is 0. The van der Waals surface area contributed by atoms with E-state index in [9.17, 15) is 0 Å². The summed E-state index contributed by atoms with van der Waals surface area (Å²) in [5, 5.41) is 0. The van der Waals surface area contributed by atoms with E-state index in [4.69, 9.17) is 0 Å². The summed E-state index contributed by atoms with van der Waals surface area (Å²) in [5.74, 6) is 0. The minimum atomic E-state index is -0.832. The summed E-state index contributed by atoms with van der Waals surface area (Å²) in [6, 6.07) is 0. The van der Waals surface area contributed by atoms with Crippen LogP contribution in [0.2, 0.25) is 118 Å². The van der Waals surface area contributed by atoms with Gasteiger partial charge in [-0.15, -0.1) is 0 Å². The smallest absolute Gasteiger partial charge is 0.0306 e. The largest absolute Gasteiger partial charge is 0.0721 e. The SMILES string of the molecule is C[Si](C)(C)[Si]([Si](C)(C)C)[Si](C)(C)C.C[Si](C)(C)[Si]([Si](C)(C)C)[Si](C)(C)C.[Pb]. The third-order valence-electron chi connectivity index (χ3n) is 4.50. The summed E-state index contributed by atoms with van der Waals surface area (Å²) in [4.78, 5) is 0. The van der Waals surface area contributed by atoms with Gasteiger partial charge in [0, 0.05) is 87.5 Å². The van der Waals surface area contributed by atoms with Gasteiger partial charge >= 0.3 is 0 Å². The van der Waals surface area contributed by atoms with Gasteiger partial charge in [-0.25, -0.2) is 0 Å². The van der Waals surface area contributed by atoms with Gasteiger partial charge in [0.25, 0.3) is 0 Å². The van der Waals surface area contributed by atoms with Crippen molar-refractivity contribution in [1.29, 1.82) is 0 Å². The molecular formula is C18H54PbSi8. The summed E-state index contributed by atoms with van der Waals surface area (Å²) in [6.45, 7) is 47.0. The summed E-state index contributed by atoms with van der Waals surface area (Å²) in [7, 11) is -4.94. The van der Waals surface area contributed by atoms with Crippen molar-refractivity contribution in [2.45, 2.75) is 118 Å². The van der Waals surface area contributed by atoms with E-state index in [1.165, 1.54) is 0 Å². The van der Waals surface area contributed by atoms with Gasteiger partial charge in [-0.3, -0.25) is 0 Å². The van der Waals surface area contributed by atoms with Crippen molar-refractivity contribution in [2.75, 3.05) is 0 Å². The van der Waals surface area contributed by atoms with E-state index < -0.39 is 45.5 Å². The molecule has 0 aromatic heterocycles. The molecule has 0 rings (SSSR count). The molecule has 0 aromatic carbocycles. The molecule has 0 spiro atoms. The average molecular weight is 703 g/mol. The van der Waals surface area contributed by atoms with Crippen LogP contribution in [0.15, 0.2) is 0 Å². The Balaban J connectivity index is -0.000000411. The maximum atomic E-state index is 2.61. The molecule has 0 aromatic rings. The zero-order chi connectivity index (χ0) is 22.2. The van der Waals surface area contributed by atoms with Crippen molar-refractivity contribution >= 4 is 87.5 Å². The van der Waals surface area contributed by atoms with Gasteiger partial charge in [0.15, 0.2) is 0 Å². The molecule has 0 nitrogen and oxygen atoms in total. The van der Waals surface area contributed by atoms with Gasteiger partial charge in [-0.1, -0.05) is 118 Å². The van der Waals surface area contributed by atoms with Crippen LogP contribution in [0.1, 0.15) is 0 Å². The van der Waals surface area contributed by atoms with E-state index in [0.29, 0.717) is 0 Å². The molecule has 0 saturated carbocycles. The van der Waals surface area contributed by atoms with Crippen LogP contribution >= 0.6 is 0 Å². The second-order valence-corrected chi connectivity index (χ2v) is 87.8. The van der Waals surface area contributed by atoms with Crippen LogP contribution in [-0.2, 0) is 0 Å². The van der Waals surface area contributed by atoms with Crippen LogP contribution in [0.3, 0.4) is 0 Å². The van der Waals surface area contributed by atoms with Crippen LogP contribution < -0.4 is 0 Å². The second kappa shape index (κ2) is 11.0. The van der Waals surface area contributed by atoms with Crippen LogP contribution in [-0.4, -0.2) is 87.5 Å². The molecule has 0 unspecified atom stereocenters. The molecule has 9 heteroatoms. The van der Waals surface area contributed by atoms with Gasteiger partial charge < -0.3 is 0 Å². The Labute approximate surface area is 203 Å². The van der Waals surface area contributed by atoms with Crippen molar-refractivity contribution < 1.29 is 0 Å². The minimum absolute atomic E-state index is 0. The zero-order valence-electron chi connectivity index (χ0n) is 22.5. The van der Waals surface area contributed by atoms with E-state index in [1.54, 1.807) is 0 Å². The Morgan fingerprint density at radius 3 is 0.333 bits per heavy atom. The van der Waals surface area contributed by atoms with Crippen LogP contribution in [0.4, 0.5) is 0 Å². The standard InChI is InChI=1S/2C9H27Si4.Pb/c2*1-11(2,3)10(12(4,5)6)13(7,8)9;/h2*1-9H3;. The molecule has 6 radical (unpaired) electrons. The fourth-order valence-corrected chi connectivity index (χ4v) is 182. The Hall–Kier alpha value is 2.66. The Bertz CT molecular complexity index is 317. The van der Waals surface area contributed by atoms with E-state index in [2.05, 4.69) is 118 Å². The molecule has 0 fully saturated rings. The molecule has 0 aliphatic carbocycles. The predicted octanol–water partition coefficient (Wildman–Crippen LogP) is 7.08. The van der Waals surface area contributed by atoms with Crippen molar-refractivity contribution in [2.24, 2.45) is 0 Å². The van der Waals surface area contributed by atoms with Crippen LogP contribution in [0.25, 0.3) is 0 Å². The average Bonchev–Trinajstić information content (AvgIpc) is 1.97. The van der Waals surface area contributed by atoms with Gasteiger partial charge in [-0.05, 0) is 0 Å². The summed E-state index contributed by atoms with van der Waals surface area (Å²) >= 11 is 0. The maximum Gasteiger partial charge on any atom is 0.0306 e. The Morgan fingerprint density at radius 2 is 0.333 bits per heavy atom. The topological polar surface area (TPSA) is 0 Å². The first-order chi connectivity index (χ1) is 10.7. The fourth-order valence-electron chi connectivity index (χ4n) is 6.75. The first-order valence-corrected chi connectivity index (χ1v) is 40.5. The minimum Gasteiger partial charge on any atom is -0.0721 e. The van der Waals surface area contributed by atoms with E-state index >= 15 is 0 Å². The molecule has 0 amide bonds. The van der Waals surface area contributed by atoms with Gasteiger partial charge in [0.05, 0.1) is 0 Å². The maximum absolute atomic E-state index is 2.61. The third kappa shape index (κ3) is 13.6. The summed E-state index contributed by atoms with van der Waals surface area (Å²) < 4.78 is 0. The molecule has 27 heavy (non-hydrogen) atoms. The molecule has 162 valence electrons. The number of hydrogen-bond acceptors (Lipinski definition) is 0. The van der Waals surface area contributed by atoms with E-state index in [1.807, 2.05) is 0 Å². The van der Waals surface area contributed by atoms with Crippen molar-refractivity contribution in [3.05, 3.63) is 0 Å². The predicted molar refractivity (Wildman–Crippen MR) is 157 cm³/mol. The molecule has 0 aliphatic heterocycles. The first-order valence-electron chi connectivity index (χ1n) is 10.5. The van der Waals surface area contributed by atoms with Crippen LogP contribution in [0, 0.1) is 0 Å². The summed E-state index contributed by atoms with van der Waals surface area (Å²) in [6.07, 6.45) is 0. The molecular weight excluding hydrogens is 648 g/mol.